The van der Waals surface area contributed by atoms with Crippen LogP contribution < -0.4 is 0 Å². The van der Waals surface area contributed by atoms with Gasteiger partial charge in [-0.1, -0.05) is 30.3 Å². The average molecular weight is 242 g/mol. The van der Waals surface area contributed by atoms with Crippen molar-refractivity contribution >= 4 is 5.78 Å². The number of carbonyl (C=O) groups is 1. The maximum atomic E-state index is 13.5. The topological polar surface area (TPSA) is 17.1 Å². The van der Waals surface area contributed by atoms with Crippen LogP contribution in [0.3, 0.4) is 0 Å². The van der Waals surface area contributed by atoms with Gasteiger partial charge in [-0.05, 0) is 42.7 Å². The minimum Gasteiger partial charge on any atom is -0.294 e. The highest BCUT2D eigenvalue weighted by molar-refractivity contribution is 5.97. The van der Waals surface area contributed by atoms with E-state index in [1.54, 1.807) is 26.0 Å². The zero-order valence-corrected chi connectivity index (χ0v) is 10.5. The summed E-state index contributed by atoms with van der Waals surface area (Å²) in [4.78, 5) is 12.1. The van der Waals surface area contributed by atoms with Crippen LogP contribution in [-0.2, 0) is 6.42 Å². The Morgan fingerprint density at radius 1 is 1.06 bits per heavy atom. The Hall–Kier alpha value is -1.96. The molecule has 0 atom stereocenters. The molecule has 0 fully saturated rings. The molecule has 0 aliphatic rings. The first-order valence-corrected chi connectivity index (χ1v) is 5.92. The third kappa shape index (κ3) is 2.65. The first kappa shape index (κ1) is 12.5. The van der Waals surface area contributed by atoms with Gasteiger partial charge >= 0.3 is 0 Å². The van der Waals surface area contributed by atoms with Gasteiger partial charge in [0.05, 0.1) is 0 Å². The molecule has 0 amide bonds. The Labute approximate surface area is 106 Å². The van der Waals surface area contributed by atoms with Gasteiger partial charge < -0.3 is 0 Å². The van der Waals surface area contributed by atoms with Crippen molar-refractivity contribution in [1.82, 2.24) is 0 Å². The van der Waals surface area contributed by atoms with Crippen LogP contribution in [0.2, 0.25) is 0 Å². The lowest BCUT2D eigenvalue weighted by Crippen LogP contribution is -2.05. The first-order valence-electron chi connectivity index (χ1n) is 5.92. The van der Waals surface area contributed by atoms with Gasteiger partial charge in [-0.2, -0.15) is 0 Å². The Morgan fingerprint density at radius 2 is 1.61 bits per heavy atom. The average Bonchev–Trinajstić information content (AvgIpc) is 2.36. The third-order valence-corrected chi connectivity index (χ3v) is 2.97. The molecule has 0 aromatic heterocycles. The molecular weight excluding hydrogens is 227 g/mol. The summed E-state index contributed by atoms with van der Waals surface area (Å²) in [7, 11) is 0. The van der Waals surface area contributed by atoms with Crippen LogP contribution in [-0.4, -0.2) is 5.78 Å². The number of carbonyl (C=O) groups excluding carboxylic acids is 1. The van der Waals surface area contributed by atoms with E-state index in [0.717, 1.165) is 5.56 Å². The third-order valence-electron chi connectivity index (χ3n) is 2.97. The number of Topliss-reactive ketones (excluding diaryl/α,β-unsaturated/α-hetero) is 1. The lowest BCUT2D eigenvalue weighted by atomic mass is 9.99. The van der Waals surface area contributed by atoms with Crippen molar-refractivity contribution in [2.75, 3.05) is 0 Å². The number of hydrogen-bond donors (Lipinski definition) is 0. The fourth-order valence-electron chi connectivity index (χ4n) is 1.99. The fourth-order valence-corrected chi connectivity index (χ4v) is 1.99. The van der Waals surface area contributed by atoms with Gasteiger partial charge in [0.25, 0.3) is 0 Å². The molecule has 0 radical (unpaired) electrons. The van der Waals surface area contributed by atoms with E-state index in [-0.39, 0.29) is 11.6 Å². The molecule has 2 rings (SSSR count). The number of hydrogen-bond acceptors (Lipinski definition) is 1. The van der Waals surface area contributed by atoms with E-state index in [0.29, 0.717) is 23.1 Å². The van der Waals surface area contributed by atoms with E-state index < -0.39 is 0 Å². The molecule has 0 bridgehead atoms. The Bertz CT molecular complexity index is 550. The van der Waals surface area contributed by atoms with Crippen molar-refractivity contribution in [2.24, 2.45) is 0 Å². The van der Waals surface area contributed by atoms with Gasteiger partial charge in [-0.15, -0.1) is 0 Å². The first-order chi connectivity index (χ1) is 8.58. The highest BCUT2D eigenvalue weighted by atomic mass is 19.1. The summed E-state index contributed by atoms with van der Waals surface area (Å²) in [5.74, 6) is -0.210. The predicted octanol–water partition coefficient (Wildman–Crippen LogP) is 3.87. The van der Waals surface area contributed by atoms with Crippen LogP contribution in [0.5, 0.6) is 0 Å². The maximum absolute atomic E-state index is 13.5. The van der Waals surface area contributed by atoms with Crippen molar-refractivity contribution in [3.63, 3.8) is 0 Å². The van der Waals surface area contributed by atoms with E-state index >= 15 is 0 Å². The minimum absolute atomic E-state index is 0.0207. The molecule has 0 saturated heterocycles. The summed E-state index contributed by atoms with van der Waals surface area (Å²) < 4.78 is 13.5. The normalized spacial score (nSPS) is 10.4. The van der Waals surface area contributed by atoms with Crippen LogP contribution in [0.25, 0.3) is 0 Å². The predicted molar refractivity (Wildman–Crippen MR) is 70.4 cm³/mol. The van der Waals surface area contributed by atoms with E-state index in [2.05, 4.69) is 0 Å². The van der Waals surface area contributed by atoms with Crippen molar-refractivity contribution < 1.29 is 9.18 Å². The smallest absolute Gasteiger partial charge is 0.167 e. The van der Waals surface area contributed by atoms with Crippen LogP contribution >= 0.6 is 0 Å². The van der Waals surface area contributed by atoms with Gasteiger partial charge in [-0.3, -0.25) is 4.79 Å². The Balaban J connectivity index is 2.25. The summed E-state index contributed by atoms with van der Waals surface area (Å²) in [6, 6.07) is 12.8. The van der Waals surface area contributed by atoms with Crippen molar-refractivity contribution in [1.29, 1.82) is 0 Å². The molecule has 0 heterocycles. The lowest BCUT2D eigenvalue weighted by Gasteiger charge is -2.06. The largest absolute Gasteiger partial charge is 0.294 e. The van der Waals surface area contributed by atoms with Gasteiger partial charge in [0.2, 0.25) is 0 Å². The Morgan fingerprint density at radius 3 is 2.17 bits per heavy atom. The van der Waals surface area contributed by atoms with Crippen LogP contribution in [0.4, 0.5) is 4.39 Å². The van der Waals surface area contributed by atoms with Crippen molar-refractivity contribution in [3.8, 4) is 0 Å². The summed E-state index contributed by atoms with van der Waals surface area (Å²) in [6.45, 7) is 3.36. The number of rotatable bonds is 3. The Kier molecular flexibility index (Phi) is 3.56. The van der Waals surface area contributed by atoms with Gasteiger partial charge in [0.1, 0.15) is 5.82 Å². The van der Waals surface area contributed by atoms with Crippen molar-refractivity contribution in [2.45, 2.75) is 20.3 Å². The van der Waals surface area contributed by atoms with Crippen LogP contribution in [0, 0.1) is 19.7 Å². The molecule has 0 saturated carbocycles. The molecule has 0 N–H and O–H groups in total. The summed E-state index contributed by atoms with van der Waals surface area (Å²) in [6.07, 6.45) is 0.353. The highest BCUT2D eigenvalue weighted by Crippen LogP contribution is 2.16. The maximum Gasteiger partial charge on any atom is 0.167 e. The monoisotopic (exact) mass is 242 g/mol. The zero-order valence-electron chi connectivity index (χ0n) is 10.5. The molecule has 18 heavy (non-hydrogen) atoms. The molecule has 1 nitrogen and oxygen atoms in total. The van der Waals surface area contributed by atoms with E-state index in [4.69, 9.17) is 0 Å². The van der Waals surface area contributed by atoms with Crippen LogP contribution in [0.15, 0.2) is 42.5 Å². The number of benzene rings is 2. The molecule has 2 heteroatoms. The summed E-state index contributed by atoms with van der Waals surface area (Å²) in [5, 5.41) is 0. The molecular formula is C16H15FO. The molecule has 2 aromatic carbocycles. The van der Waals surface area contributed by atoms with E-state index in [9.17, 15) is 9.18 Å². The zero-order chi connectivity index (χ0) is 13.1. The second-order valence-corrected chi connectivity index (χ2v) is 4.51. The molecule has 0 aliphatic heterocycles. The molecule has 92 valence electrons. The van der Waals surface area contributed by atoms with Gasteiger partial charge in [0.15, 0.2) is 5.78 Å². The minimum atomic E-state index is -0.230. The van der Waals surface area contributed by atoms with Gasteiger partial charge in [-0.25, -0.2) is 4.39 Å². The molecule has 2 aromatic rings. The number of aryl methyl sites for hydroxylation is 2. The van der Waals surface area contributed by atoms with E-state index in [1.165, 1.54) is 0 Å². The molecule has 0 spiro atoms. The fraction of sp³-hybridized carbons (Fsp3) is 0.188. The van der Waals surface area contributed by atoms with Crippen molar-refractivity contribution in [3.05, 3.63) is 70.5 Å². The number of halogens is 1. The quantitative estimate of drug-likeness (QED) is 0.747. The SMILES string of the molecule is Cc1cc(C(=O)Cc2ccccc2)cc(C)c1F. The second-order valence-electron chi connectivity index (χ2n) is 4.51. The number of ketones is 1. The van der Waals surface area contributed by atoms with E-state index in [1.807, 2.05) is 30.3 Å². The molecule has 0 aliphatic carbocycles. The molecule has 0 unspecified atom stereocenters. The second kappa shape index (κ2) is 5.13. The highest BCUT2D eigenvalue weighted by Gasteiger charge is 2.11. The lowest BCUT2D eigenvalue weighted by molar-refractivity contribution is 0.0992. The summed E-state index contributed by atoms with van der Waals surface area (Å²) in [5.41, 5.74) is 2.59. The van der Waals surface area contributed by atoms with Gasteiger partial charge in [0, 0.05) is 12.0 Å². The standard InChI is InChI=1S/C16H15FO/c1-11-8-14(9-12(2)16(11)17)15(18)10-13-6-4-3-5-7-13/h3-9H,10H2,1-2H3. The summed E-state index contributed by atoms with van der Waals surface area (Å²) >= 11 is 0. The van der Waals surface area contributed by atoms with Crippen LogP contribution in [0.1, 0.15) is 27.0 Å².